The summed E-state index contributed by atoms with van der Waals surface area (Å²) in [5.74, 6) is 1.51. The fourth-order valence-corrected chi connectivity index (χ4v) is 2.90. The van der Waals surface area contributed by atoms with Gasteiger partial charge in [0.15, 0.2) is 5.76 Å². The molecule has 0 fully saturated rings. The van der Waals surface area contributed by atoms with E-state index in [0.717, 1.165) is 16.9 Å². The van der Waals surface area contributed by atoms with Crippen molar-refractivity contribution < 1.29 is 14.8 Å². The van der Waals surface area contributed by atoms with Crippen LogP contribution in [0.1, 0.15) is 17.4 Å². The quantitative estimate of drug-likeness (QED) is 0.694. The third kappa shape index (κ3) is 4.19. The van der Waals surface area contributed by atoms with Crippen molar-refractivity contribution in [2.75, 3.05) is 6.54 Å². The molecule has 0 spiro atoms. The van der Waals surface area contributed by atoms with Crippen molar-refractivity contribution in [2.24, 2.45) is 0 Å². The number of nitrogens with two attached hydrogens (primary N) is 1. The van der Waals surface area contributed by atoms with E-state index in [2.05, 4.69) is 0 Å². The summed E-state index contributed by atoms with van der Waals surface area (Å²) in [6.45, 7) is 1.21. The summed E-state index contributed by atoms with van der Waals surface area (Å²) < 4.78 is 5.84. The number of benzene rings is 2. The Morgan fingerprint density at radius 3 is 2.58 bits per heavy atom. The van der Waals surface area contributed by atoms with Crippen LogP contribution in [-0.2, 0) is 6.54 Å². The average Bonchev–Trinajstić information content (AvgIpc) is 3.06. The summed E-state index contributed by atoms with van der Waals surface area (Å²) in [6, 6.07) is 18.7. The average molecular weight is 363 g/mol. The second-order valence-corrected chi connectivity index (χ2v) is 6.39. The molecule has 24 heavy (non-hydrogen) atoms. The maximum Gasteiger partial charge on any atom is 0.158 e. The third-order valence-corrected chi connectivity index (χ3v) is 4.34. The molecule has 2 aromatic carbocycles. The van der Waals surface area contributed by atoms with E-state index in [1.165, 1.54) is 0 Å². The number of quaternary nitrogens is 1. The number of halogens is 2. The van der Waals surface area contributed by atoms with Crippen LogP contribution in [0, 0.1) is 0 Å². The summed E-state index contributed by atoms with van der Waals surface area (Å²) in [5.41, 5.74) is 1.69. The minimum absolute atomic E-state index is 0.497. The molecular weight excluding hydrogens is 345 g/mol. The Labute approximate surface area is 150 Å². The van der Waals surface area contributed by atoms with E-state index in [1.54, 1.807) is 18.2 Å². The lowest BCUT2D eigenvalue weighted by Gasteiger charge is -2.08. The fourth-order valence-electron chi connectivity index (χ4n) is 2.51. The van der Waals surface area contributed by atoms with Gasteiger partial charge in [0.2, 0.25) is 0 Å². The summed E-state index contributed by atoms with van der Waals surface area (Å²) in [4.78, 5) is 0. The zero-order valence-electron chi connectivity index (χ0n) is 13.0. The highest BCUT2D eigenvalue weighted by molar-refractivity contribution is 6.35. The van der Waals surface area contributed by atoms with E-state index in [9.17, 15) is 5.11 Å². The van der Waals surface area contributed by atoms with Crippen LogP contribution >= 0.6 is 23.2 Å². The molecule has 0 amide bonds. The minimum atomic E-state index is -0.497. The van der Waals surface area contributed by atoms with Gasteiger partial charge in [-0.1, -0.05) is 53.5 Å². The summed E-state index contributed by atoms with van der Waals surface area (Å²) in [7, 11) is 0. The molecule has 124 valence electrons. The third-order valence-electron chi connectivity index (χ3n) is 3.78. The lowest BCUT2D eigenvalue weighted by atomic mass is 10.1. The van der Waals surface area contributed by atoms with Gasteiger partial charge >= 0.3 is 0 Å². The van der Waals surface area contributed by atoms with Crippen molar-refractivity contribution in [3.8, 4) is 11.3 Å². The van der Waals surface area contributed by atoms with Crippen LogP contribution in [0.4, 0.5) is 0 Å². The van der Waals surface area contributed by atoms with Gasteiger partial charge in [-0.3, -0.25) is 0 Å². The Morgan fingerprint density at radius 1 is 1.00 bits per heavy atom. The number of aliphatic hydroxyl groups excluding tert-OH is 1. The molecule has 0 bridgehead atoms. The molecule has 0 aliphatic rings. The van der Waals surface area contributed by atoms with E-state index in [1.807, 2.05) is 47.8 Å². The Kier molecular flexibility index (Phi) is 5.59. The van der Waals surface area contributed by atoms with E-state index in [0.29, 0.717) is 28.9 Å². The van der Waals surface area contributed by atoms with Crippen molar-refractivity contribution in [3.05, 3.63) is 82.0 Å². The Bertz CT molecular complexity index is 802. The normalized spacial score (nSPS) is 12.3. The zero-order valence-corrected chi connectivity index (χ0v) is 14.5. The van der Waals surface area contributed by atoms with Crippen molar-refractivity contribution >= 4 is 23.2 Å². The van der Waals surface area contributed by atoms with E-state index >= 15 is 0 Å². The Morgan fingerprint density at radius 2 is 1.79 bits per heavy atom. The second kappa shape index (κ2) is 7.86. The molecule has 1 atom stereocenters. The molecule has 0 radical (unpaired) electrons. The number of aliphatic hydroxyl groups is 1. The Hall–Kier alpha value is -1.78. The predicted octanol–water partition coefficient (Wildman–Crippen LogP) is 4.05. The molecule has 3 aromatic rings. The van der Waals surface area contributed by atoms with Crippen LogP contribution in [0.2, 0.25) is 10.0 Å². The topological polar surface area (TPSA) is 50.0 Å². The fraction of sp³-hybridized carbons (Fsp3) is 0.158. The molecule has 0 unspecified atom stereocenters. The number of hydrogen-bond donors (Lipinski definition) is 2. The van der Waals surface area contributed by atoms with E-state index < -0.39 is 6.10 Å². The van der Waals surface area contributed by atoms with Gasteiger partial charge in [-0.2, -0.15) is 0 Å². The van der Waals surface area contributed by atoms with Crippen LogP contribution in [-0.4, -0.2) is 11.7 Å². The minimum Gasteiger partial charge on any atom is -0.455 e. The van der Waals surface area contributed by atoms with Gasteiger partial charge in [0, 0.05) is 10.6 Å². The monoisotopic (exact) mass is 362 g/mol. The number of hydrogen-bond acceptors (Lipinski definition) is 2. The predicted molar refractivity (Wildman–Crippen MR) is 96.1 cm³/mol. The summed E-state index contributed by atoms with van der Waals surface area (Å²) >= 11 is 12.2. The molecule has 0 aliphatic heterocycles. The molecular formula is C19H18Cl2NO2+. The summed E-state index contributed by atoms with van der Waals surface area (Å²) in [6.07, 6.45) is -0.497. The van der Waals surface area contributed by atoms with Gasteiger partial charge < -0.3 is 14.8 Å². The number of furan rings is 1. The number of rotatable bonds is 6. The first-order chi connectivity index (χ1) is 11.6. The van der Waals surface area contributed by atoms with Gasteiger partial charge in [-0.15, -0.1) is 0 Å². The van der Waals surface area contributed by atoms with Gasteiger partial charge in [0.25, 0.3) is 0 Å². The molecule has 0 aliphatic carbocycles. The second-order valence-electron chi connectivity index (χ2n) is 5.55. The van der Waals surface area contributed by atoms with Crippen molar-refractivity contribution in [1.29, 1.82) is 0 Å². The molecule has 1 heterocycles. The van der Waals surface area contributed by atoms with Crippen LogP contribution in [0.5, 0.6) is 0 Å². The van der Waals surface area contributed by atoms with Crippen molar-refractivity contribution in [1.82, 2.24) is 0 Å². The lowest BCUT2D eigenvalue weighted by Crippen LogP contribution is -2.83. The van der Waals surface area contributed by atoms with Crippen LogP contribution in [0.25, 0.3) is 11.3 Å². The maximum atomic E-state index is 10.2. The smallest absolute Gasteiger partial charge is 0.158 e. The Balaban J connectivity index is 1.59. The van der Waals surface area contributed by atoms with E-state index in [-0.39, 0.29) is 0 Å². The van der Waals surface area contributed by atoms with Gasteiger partial charge in [0.05, 0.1) is 5.02 Å². The molecule has 0 saturated heterocycles. The van der Waals surface area contributed by atoms with Crippen LogP contribution in [0.15, 0.2) is 65.1 Å². The zero-order chi connectivity index (χ0) is 16.9. The highest BCUT2D eigenvalue weighted by atomic mass is 35.5. The molecule has 3 N–H and O–H groups in total. The first kappa shape index (κ1) is 17.1. The summed E-state index contributed by atoms with van der Waals surface area (Å²) in [5, 5.41) is 13.4. The maximum absolute atomic E-state index is 10.2. The molecule has 3 nitrogen and oxygen atoms in total. The molecule has 5 heteroatoms. The van der Waals surface area contributed by atoms with Crippen LogP contribution < -0.4 is 5.32 Å². The standard InChI is InChI=1S/C19H17Cl2NO2/c20-14-6-8-17(21)16(10-14)19-9-7-15(24-19)11-22-12-18(23)13-4-2-1-3-5-13/h1-10,18,22-23H,11-12H2/p+1/t18-/m0/s1. The highest BCUT2D eigenvalue weighted by Gasteiger charge is 2.12. The van der Waals surface area contributed by atoms with Gasteiger partial charge in [-0.25, -0.2) is 0 Å². The molecule has 0 saturated carbocycles. The van der Waals surface area contributed by atoms with Crippen LogP contribution in [0.3, 0.4) is 0 Å². The van der Waals surface area contributed by atoms with E-state index in [4.69, 9.17) is 27.6 Å². The molecule has 1 aromatic heterocycles. The first-order valence-electron chi connectivity index (χ1n) is 7.72. The molecule has 3 rings (SSSR count). The van der Waals surface area contributed by atoms with Crippen molar-refractivity contribution in [2.45, 2.75) is 12.6 Å². The largest absolute Gasteiger partial charge is 0.455 e. The SMILES string of the molecule is O[C@@H](C[NH2+]Cc1ccc(-c2cc(Cl)ccc2Cl)o1)c1ccccc1. The first-order valence-corrected chi connectivity index (χ1v) is 8.48. The van der Waals surface area contributed by atoms with Gasteiger partial charge in [0.1, 0.15) is 25.0 Å². The highest BCUT2D eigenvalue weighted by Crippen LogP contribution is 2.31. The lowest BCUT2D eigenvalue weighted by molar-refractivity contribution is -0.679. The van der Waals surface area contributed by atoms with Crippen molar-refractivity contribution in [3.63, 3.8) is 0 Å². The van der Waals surface area contributed by atoms with Gasteiger partial charge in [-0.05, 0) is 35.9 Å².